The Kier molecular flexibility index (Phi) is 5.49. The zero-order valence-electron chi connectivity index (χ0n) is 15.7. The first-order valence-electron chi connectivity index (χ1n) is 8.71. The summed E-state index contributed by atoms with van der Waals surface area (Å²) in [6.45, 7) is 5.50. The average Bonchev–Trinajstić information content (AvgIpc) is 3.15. The van der Waals surface area contributed by atoms with Crippen LogP contribution in [0.2, 0.25) is 0 Å². The molecule has 0 saturated heterocycles. The molecule has 0 saturated carbocycles. The molecule has 28 heavy (non-hydrogen) atoms. The Hall–Kier alpha value is -3.55. The molecule has 0 aliphatic carbocycles. The van der Waals surface area contributed by atoms with Gasteiger partial charge in [0.25, 0.3) is 11.6 Å². The van der Waals surface area contributed by atoms with Gasteiger partial charge in [-0.05, 0) is 24.5 Å². The number of hydrogen-bond donors (Lipinski definition) is 0. The van der Waals surface area contributed by atoms with Gasteiger partial charge < -0.3 is 9.26 Å². The summed E-state index contributed by atoms with van der Waals surface area (Å²) in [5, 5.41) is 14.9. The molecule has 1 heterocycles. The molecule has 0 atom stereocenters. The van der Waals surface area contributed by atoms with Crippen LogP contribution >= 0.6 is 0 Å². The fraction of sp³-hybridized carbons (Fsp3) is 0.250. The summed E-state index contributed by atoms with van der Waals surface area (Å²) in [4.78, 5) is 26.9. The number of nitro groups is 1. The number of nitrogens with zero attached hydrogens (tertiary/aromatic N) is 3. The van der Waals surface area contributed by atoms with Crippen molar-refractivity contribution >= 4 is 11.7 Å². The topological polar surface area (TPSA) is 108 Å². The molecule has 2 aromatic carbocycles. The van der Waals surface area contributed by atoms with E-state index >= 15 is 0 Å². The molecular weight excluding hydrogens is 362 g/mol. The van der Waals surface area contributed by atoms with Gasteiger partial charge in [0.2, 0.25) is 5.82 Å². The molecule has 0 spiro atoms. The van der Waals surface area contributed by atoms with E-state index in [2.05, 4.69) is 24.0 Å². The second kappa shape index (κ2) is 7.99. The third-order valence-electron chi connectivity index (χ3n) is 4.35. The predicted molar refractivity (Wildman–Crippen MR) is 101 cm³/mol. The van der Waals surface area contributed by atoms with Crippen LogP contribution in [0.15, 0.2) is 47.0 Å². The molecule has 0 aliphatic rings. The van der Waals surface area contributed by atoms with E-state index in [4.69, 9.17) is 9.26 Å². The van der Waals surface area contributed by atoms with Crippen molar-refractivity contribution in [1.29, 1.82) is 0 Å². The van der Waals surface area contributed by atoms with Crippen molar-refractivity contribution in [1.82, 2.24) is 10.1 Å². The lowest BCUT2D eigenvalue weighted by Gasteiger charge is -2.05. The predicted octanol–water partition coefficient (Wildman–Crippen LogP) is 4.43. The van der Waals surface area contributed by atoms with E-state index in [0.717, 1.165) is 5.56 Å². The van der Waals surface area contributed by atoms with Crippen LogP contribution in [0.4, 0.5) is 5.69 Å². The number of esters is 1. The number of nitro benzene ring substituents is 1. The van der Waals surface area contributed by atoms with Crippen LogP contribution in [0.25, 0.3) is 11.4 Å². The molecule has 3 rings (SSSR count). The van der Waals surface area contributed by atoms with Crippen molar-refractivity contribution in [3.63, 3.8) is 0 Å². The van der Waals surface area contributed by atoms with E-state index in [-0.39, 0.29) is 29.3 Å². The maximum absolute atomic E-state index is 12.3. The second-order valence-corrected chi connectivity index (χ2v) is 6.57. The van der Waals surface area contributed by atoms with Crippen molar-refractivity contribution in [3.8, 4) is 11.4 Å². The number of ether oxygens (including phenoxy) is 1. The van der Waals surface area contributed by atoms with Gasteiger partial charge in [0, 0.05) is 17.2 Å². The molecule has 0 fully saturated rings. The van der Waals surface area contributed by atoms with Gasteiger partial charge in [-0.15, -0.1) is 0 Å². The normalized spacial score (nSPS) is 10.9. The summed E-state index contributed by atoms with van der Waals surface area (Å²) in [6, 6.07) is 12.1. The lowest BCUT2D eigenvalue weighted by molar-refractivity contribution is -0.385. The van der Waals surface area contributed by atoms with Gasteiger partial charge in [-0.3, -0.25) is 10.1 Å². The van der Waals surface area contributed by atoms with Crippen molar-refractivity contribution in [2.75, 3.05) is 0 Å². The number of carbonyl (C=O) groups excluding carboxylic acids is 1. The summed E-state index contributed by atoms with van der Waals surface area (Å²) in [7, 11) is 0. The molecule has 0 radical (unpaired) electrons. The number of benzene rings is 2. The largest absolute Gasteiger partial charge is 0.452 e. The van der Waals surface area contributed by atoms with Crippen molar-refractivity contribution in [3.05, 3.63) is 75.2 Å². The third-order valence-corrected chi connectivity index (χ3v) is 4.35. The number of aromatic nitrogens is 2. The monoisotopic (exact) mass is 381 g/mol. The van der Waals surface area contributed by atoms with Crippen LogP contribution in [0.1, 0.15) is 47.1 Å². The van der Waals surface area contributed by atoms with Crippen LogP contribution < -0.4 is 0 Å². The highest BCUT2D eigenvalue weighted by Gasteiger charge is 2.20. The van der Waals surface area contributed by atoms with Crippen LogP contribution in [-0.2, 0) is 11.3 Å². The molecule has 0 N–H and O–H groups in total. The maximum Gasteiger partial charge on any atom is 0.339 e. The van der Waals surface area contributed by atoms with Crippen LogP contribution in [0, 0.1) is 17.0 Å². The molecule has 0 unspecified atom stereocenters. The van der Waals surface area contributed by atoms with Crippen LogP contribution in [0.3, 0.4) is 0 Å². The van der Waals surface area contributed by atoms with Gasteiger partial charge in [-0.2, -0.15) is 4.98 Å². The second-order valence-electron chi connectivity index (χ2n) is 6.57. The first-order valence-corrected chi connectivity index (χ1v) is 8.71. The highest BCUT2D eigenvalue weighted by molar-refractivity contribution is 5.92. The summed E-state index contributed by atoms with van der Waals surface area (Å²) in [6.07, 6.45) is 0. The molecule has 0 aliphatic heterocycles. The molecule has 8 nitrogen and oxygen atoms in total. The standard InChI is InChI=1S/C20H19N3O5/c1-12(2)14-7-9-15(10-8-14)19-21-18(28-22-19)11-27-20(24)16-5-4-6-17(13(16)3)23(25)26/h4-10,12H,11H2,1-3H3. The highest BCUT2D eigenvalue weighted by Crippen LogP contribution is 2.23. The Morgan fingerprint density at radius 1 is 1.21 bits per heavy atom. The summed E-state index contributed by atoms with van der Waals surface area (Å²) in [5.74, 6) is 0.265. The Balaban J connectivity index is 1.68. The van der Waals surface area contributed by atoms with E-state index < -0.39 is 10.9 Å². The van der Waals surface area contributed by atoms with Gasteiger partial charge >= 0.3 is 5.97 Å². The summed E-state index contributed by atoms with van der Waals surface area (Å²) in [5.41, 5.74) is 2.22. The number of carbonyl (C=O) groups is 1. The molecule has 3 aromatic rings. The summed E-state index contributed by atoms with van der Waals surface area (Å²) >= 11 is 0. The molecular formula is C20H19N3O5. The zero-order valence-corrected chi connectivity index (χ0v) is 15.7. The van der Waals surface area contributed by atoms with E-state index in [1.807, 2.05) is 24.3 Å². The van der Waals surface area contributed by atoms with E-state index in [0.29, 0.717) is 11.7 Å². The van der Waals surface area contributed by atoms with Gasteiger partial charge in [0.1, 0.15) is 0 Å². The Morgan fingerprint density at radius 2 is 1.93 bits per heavy atom. The van der Waals surface area contributed by atoms with Gasteiger partial charge in [-0.1, -0.05) is 49.3 Å². The van der Waals surface area contributed by atoms with Crippen molar-refractivity contribution in [2.45, 2.75) is 33.3 Å². The van der Waals surface area contributed by atoms with E-state index in [1.54, 1.807) is 0 Å². The fourth-order valence-electron chi connectivity index (χ4n) is 2.70. The zero-order chi connectivity index (χ0) is 20.3. The quantitative estimate of drug-likeness (QED) is 0.353. The Morgan fingerprint density at radius 3 is 2.57 bits per heavy atom. The Labute approximate surface area is 161 Å². The number of hydrogen-bond acceptors (Lipinski definition) is 7. The molecule has 8 heteroatoms. The lowest BCUT2D eigenvalue weighted by Crippen LogP contribution is -2.08. The van der Waals surface area contributed by atoms with Gasteiger partial charge in [-0.25, -0.2) is 4.79 Å². The third kappa shape index (κ3) is 4.06. The highest BCUT2D eigenvalue weighted by atomic mass is 16.6. The maximum atomic E-state index is 12.3. The fourth-order valence-corrected chi connectivity index (χ4v) is 2.70. The van der Waals surface area contributed by atoms with Gasteiger partial charge in [0.05, 0.1) is 10.5 Å². The lowest BCUT2D eigenvalue weighted by atomic mass is 10.0. The van der Waals surface area contributed by atoms with E-state index in [1.165, 1.54) is 30.7 Å². The minimum atomic E-state index is -0.692. The SMILES string of the molecule is Cc1c(C(=O)OCc2nc(-c3ccc(C(C)C)cc3)no2)cccc1[N+](=O)[O-]. The average molecular weight is 381 g/mol. The first kappa shape index (κ1) is 19.2. The van der Waals surface area contributed by atoms with Crippen LogP contribution in [0.5, 0.6) is 0 Å². The van der Waals surface area contributed by atoms with E-state index in [9.17, 15) is 14.9 Å². The molecule has 0 amide bonds. The summed E-state index contributed by atoms with van der Waals surface area (Å²) < 4.78 is 10.3. The minimum absolute atomic E-state index is 0.123. The Bertz CT molecular complexity index is 1010. The van der Waals surface area contributed by atoms with Crippen molar-refractivity contribution < 1.29 is 19.0 Å². The van der Waals surface area contributed by atoms with Gasteiger partial charge in [0.15, 0.2) is 6.61 Å². The molecule has 1 aromatic heterocycles. The smallest absolute Gasteiger partial charge is 0.339 e. The van der Waals surface area contributed by atoms with Crippen LogP contribution in [-0.4, -0.2) is 21.0 Å². The number of rotatable bonds is 6. The molecule has 144 valence electrons. The molecule has 0 bridgehead atoms. The first-order chi connectivity index (χ1) is 13.4. The van der Waals surface area contributed by atoms with Crippen molar-refractivity contribution in [2.24, 2.45) is 0 Å². The minimum Gasteiger partial charge on any atom is -0.452 e.